The van der Waals surface area contributed by atoms with Gasteiger partial charge >= 0.3 is 5.69 Å². The molecule has 89 heavy (non-hydrogen) atoms. The summed E-state index contributed by atoms with van der Waals surface area (Å²) in [5, 5.41) is 30.0. The number of nitrogens with one attached hydrogen (secondary N) is 2. The summed E-state index contributed by atoms with van der Waals surface area (Å²) in [6, 6.07) is 7.29. The summed E-state index contributed by atoms with van der Waals surface area (Å²) in [6.45, 7) is 0. The maximum absolute atomic E-state index is 17.0. The molecule has 6 heterocycles. The Bertz CT molecular complexity index is 4860. The van der Waals surface area contributed by atoms with Crippen LogP contribution in [0, 0.1) is 137 Å². The highest BCUT2D eigenvalue weighted by molar-refractivity contribution is 6.10. The zero-order valence-corrected chi connectivity index (χ0v) is 42.6. The van der Waals surface area contributed by atoms with Gasteiger partial charge in [-0.25, -0.2) is 97.8 Å². The molecule has 450 valence electrons. The normalized spacial score (nSPS) is 14.5. The molecule has 8 bridgehead atoms. The summed E-state index contributed by atoms with van der Waals surface area (Å²) >= 11 is 0. The average molecular weight is 1260 g/mol. The van der Waals surface area contributed by atoms with E-state index in [9.17, 15) is 29.0 Å². The first-order valence-electron chi connectivity index (χ1n) is 24.6. The molecule has 0 amide bonds. The van der Waals surface area contributed by atoms with Crippen LogP contribution < -0.4 is 5.01 Å². The van der Waals surface area contributed by atoms with Crippen molar-refractivity contribution in [3.05, 3.63) is 238 Å². The van der Waals surface area contributed by atoms with Gasteiger partial charge in [-0.15, -0.1) is 0 Å². The van der Waals surface area contributed by atoms with E-state index in [0.29, 0.717) is 59.6 Å². The number of rotatable bonds is 8. The number of nitro groups is 2. The fourth-order valence-corrected chi connectivity index (χ4v) is 10.7. The maximum atomic E-state index is 17.0. The molecule has 0 unspecified atom stereocenters. The summed E-state index contributed by atoms with van der Waals surface area (Å²) in [7, 11) is 0. The van der Waals surface area contributed by atoms with Crippen LogP contribution in [0.1, 0.15) is 40.3 Å². The van der Waals surface area contributed by atoms with E-state index < -0.39 is 250 Å². The Hall–Kier alpha value is -11.0. The fraction of sp³-hybridized carbons (Fsp3) is 0.0351. The first-order valence-corrected chi connectivity index (χ1v) is 24.6. The van der Waals surface area contributed by atoms with Crippen molar-refractivity contribution in [3.8, 4) is 44.5 Å². The number of aromatic nitrogens is 4. The summed E-state index contributed by atoms with van der Waals surface area (Å²) in [5.41, 5.74) is -27.8. The van der Waals surface area contributed by atoms with Gasteiger partial charge in [0.2, 0.25) is 23.3 Å². The van der Waals surface area contributed by atoms with Crippen molar-refractivity contribution in [1.29, 1.82) is 0 Å². The maximum Gasteiger partial charge on any atom is 0.301 e. The van der Waals surface area contributed by atoms with Crippen molar-refractivity contribution >= 4 is 57.0 Å². The summed E-state index contributed by atoms with van der Waals surface area (Å²) in [5.74, 6) is -57.7. The molecule has 0 saturated heterocycles. The number of benzene rings is 6. The molecule has 6 aromatic carbocycles. The van der Waals surface area contributed by atoms with Crippen LogP contribution in [0.2, 0.25) is 0 Å². The number of aromatic amines is 2. The van der Waals surface area contributed by atoms with Crippen molar-refractivity contribution in [1.82, 2.24) is 19.9 Å². The quantitative estimate of drug-likeness (QED) is 0.0504. The summed E-state index contributed by atoms with van der Waals surface area (Å²) in [6.07, 6.45) is 1.07. The molecule has 12 nitrogen and oxygen atoms in total. The Kier molecular flexibility index (Phi) is 13.7. The second-order valence-electron chi connectivity index (χ2n) is 19.3. The molecule has 0 saturated carbocycles. The topological polar surface area (TPSA) is 159 Å². The Balaban J connectivity index is 1.41. The standard InChI is InChI=1S/C57H18F20N8O4/c58-34-29(35(59)43(67)50(74)42(34)66)25-17-7-8-18(78-17)26(30-36(60)44(68)51(75)45(69)37(30)61)20-10-12-22(80-20)28(32-40(64)48(72)53(77)49(73)41(32)65)56-57-33(55(81-56)27(21-11-9-19(25)79-21)31-38(62)46(70)52(76)47(71)39(31)63)54(15-4-2-1-3-5-15)82-83(57)23-13-6-16(84(86)87)14-24(23)85(88)89/h1-14,33,57,79-80H/t33-,57-/m0/s1. The van der Waals surface area contributed by atoms with Gasteiger partial charge in [-0.2, -0.15) is 5.10 Å². The van der Waals surface area contributed by atoms with Crippen LogP contribution in [0.25, 0.3) is 78.7 Å². The predicted octanol–water partition coefficient (Wildman–Crippen LogP) is 16.5. The van der Waals surface area contributed by atoms with Crippen LogP contribution >= 0.6 is 0 Å². The van der Waals surface area contributed by atoms with E-state index in [2.05, 4.69) is 25.0 Å². The number of hydrogen-bond acceptors (Lipinski definition) is 8. The predicted molar refractivity (Wildman–Crippen MR) is 272 cm³/mol. The molecule has 2 atom stereocenters. The van der Waals surface area contributed by atoms with Gasteiger partial charge in [0.1, 0.15) is 11.7 Å². The number of hydrogen-bond donors (Lipinski definition) is 2. The van der Waals surface area contributed by atoms with Crippen molar-refractivity contribution in [2.45, 2.75) is 12.0 Å². The van der Waals surface area contributed by atoms with E-state index in [-0.39, 0.29) is 5.56 Å². The van der Waals surface area contributed by atoms with Gasteiger partial charge in [-0.1, -0.05) is 30.3 Å². The van der Waals surface area contributed by atoms with E-state index >= 15 is 79.0 Å². The van der Waals surface area contributed by atoms with Crippen molar-refractivity contribution in [2.24, 2.45) is 5.10 Å². The second-order valence-corrected chi connectivity index (χ2v) is 19.3. The monoisotopic (exact) mass is 1260 g/mol. The zero-order valence-electron chi connectivity index (χ0n) is 42.6. The lowest BCUT2D eigenvalue weighted by atomic mass is 9.84. The lowest BCUT2D eigenvalue weighted by molar-refractivity contribution is -0.393. The zero-order chi connectivity index (χ0) is 64.0. The molecule has 12 rings (SSSR count). The third kappa shape index (κ3) is 8.57. The van der Waals surface area contributed by atoms with E-state index in [1.165, 1.54) is 18.2 Å². The van der Waals surface area contributed by atoms with Gasteiger partial charge in [0.15, 0.2) is 93.1 Å². The molecule has 2 N–H and O–H groups in total. The Morgan fingerprint density at radius 1 is 0.382 bits per heavy atom. The van der Waals surface area contributed by atoms with E-state index in [1.54, 1.807) is 0 Å². The molecule has 0 radical (unpaired) electrons. The van der Waals surface area contributed by atoms with E-state index in [0.717, 1.165) is 12.1 Å². The third-order valence-electron chi connectivity index (χ3n) is 14.5. The highest BCUT2D eigenvalue weighted by Crippen LogP contribution is 2.56. The van der Waals surface area contributed by atoms with Crippen LogP contribution in [-0.4, -0.2) is 35.5 Å². The number of nitro benzene ring substituents is 2. The van der Waals surface area contributed by atoms with Crippen LogP contribution in [0.4, 0.5) is 105 Å². The summed E-state index contributed by atoms with van der Waals surface area (Å²) < 4.78 is 319. The molecular formula is C57H18F20N8O4. The third-order valence-corrected chi connectivity index (χ3v) is 14.5. The van der Waals surface area contributed by atoms with Crippen LogP contribution in [0.15, 0.2) is 77.9 Å². The number of halogens is 20. The lowest BCUT2D eigenvalue weighted by Gasteiger charge is -2.25. The molecule has 3 aromatic heterocycles. The fourth-order valence-electron chi connectivity index (χ4n) is 10.7. The minimum atomic E-state index is -2.87. The number of anilines is 1. The highest BCUT2D eigenvalue weighted by atomic mass is 19.2. The number of fused-ring (bicyclic) bond motifs is 11. The summed E-state index contributed by atoms with van der Waals surface area (Å²) in [4.78, 5) is 35.6. The van der Waals surface area contributed by atoms with Crippen molar-refractivity contribution in [2.75, 3.05) is 5.01 Å². The molecular weight excluding hydrogens is 1240 g/mol. The largest absolute Gasteiger partial charge is 0.354 e. The van der Waals surface area contributed by atoms with Crippen LogP contribution in [-0.2, 0) is 0 Å². The van der Waals surface area contributed by atoms with Gasteiger partial charge in [0, 0.05) is 50.4 Å². The number of nitrogens with zero attached hydrogens (tertiary/aromatic N) is 6. The van der Waals surface area contributed by atoms with Crippen LogP contribution in [0.5, 0.6) is 0 Å². The highest BCUT2D eigenvalue weighted by Gasteiger charge is 2.51. The first kappa shape index (κ1) is 58.4. The average Bonchev–Trinajstić information content (AvgIpc) is 1.57. The van der Waals surface area contributed by atoms with Gasteiger partial charge in [0.25, 0.3) is 5.69 Å². The minimum Gasteiger partial charge on any atom is -0.354 e. The SMILES string of the molecule is O=[N+]([O-])c1ccc(N2N=C(c3ccccc3)[C@H]3c4nc(c(-c5c(F)c(F)c(F)c(F)c5F)c5ccc([nH]5)c(-c5c(F)c(F)c(F)c(F)c5F)c5nc(c(-c6c(F)c(F)c(F)c(F)c6F)c6ccc([nH]6)c4-c4c(F)c(F)c(F)c(F)c4F)C=C5)[C@H]32)c([N+](=O)[O-])c1. The van der Waals surface area contributed by atoms with E-state index in [1.807, 2.05) is 0 Å². The Morgan fingerprint density at radius 3 is 1.10 bits per heavy atom. The second kappa shape index (κ2) is 20.9. The Labute approximate surface area is 477 Å². The lowest BCUT2D eigenvalue weighted by Crippen LogP contribution is -2.23. The number of hydrazone groups is 1. The van der Waals surface area contributed by atoms with Gasteiger partial charge in [-0.05, 0) is 48.0 Å². The smallest absolute Gasteiger partial charge is 0.301 e. The number of non-ortho nitro benzene ring substituents is 1. The molecule has 3 aliphatic heterocycles. The van der Waals surface area contributed by atoms with Gasteiger partial charge in [-0.3, -0.25) is 25.2 Å². The van der Waals surface area contributed by atoms with E-state index in [4.69, 9.17) is 0 Å². The first-order chi connectivity index (χ1) is 42.2. The Morgan fingerprint density at radius 2 is 0.730 bits per heavy atom. The molecule has 0 spiro atoms. The molecule has 0 fully saturated rings. The minimum absolute atomic E-state index is 0.250. The van der Waals surface area contributed by atoms with Gasteiger partial charge in [0.05, 0.1) is 72.6 Å². The van der Waals surface area contributed by atoms with Gasteiger partial charge < -0.3 is 9.97 Å². The van der Waals surface area contributed by atoms with Crippen molar-refractivity contribution in [3.63, 3.8) is 0 Å². The molecule has 3 aliphatic rings. The molecule has 0 aliphatic carbocycles. The molecule has 32 heteroatoms. The molecule has 9 aromatic rings. The van der Waals surface area contributed by atoms with Crippen molar-refractivity contribution < 1.29 is 97.7 Å². The number of H-pyrrole nitrogens is 2. The van der Waals surface area contributed by atoms with Crippen LogP contribution in [0.3, 0.4) is 0 Å².